The quantitative estimate of drug-likeness (QED) is 0.612. The average molecular weight is 222 g/mol. The van der Waals surface area contributed by atoms with Crippen molar-refractivity contribution in [1.29, 1.82) is 0 Å². The summed E-state index contributed by atoms with van der Waals surface area (Å²) in [6.07, 6.45) is 10.8. The van der Waals surface area contributed by atoms with Gasteiger partial charge in [0.15, 0.2) is 0 Å². The molecule has 0 saturated heterocycles. The summed E-state index contributed by atoms with van der Waals surface area (Å²) in [5.74, 6) is 0.605. The molecule has 0 aliphatic heterocycles. The molecule has 1 rings (SSSR count). The fourth-order valence-corrected chi connectivity index (χ4v) is 2.05. The summed E-state index contributed by atoms with van der Waals surface area (Å²) in [6, 6.07) is 0. The topological polar surface area (TPSA) is 20.2 Å². The molecule has 0 unspecified atom stereocenters. The molecule has 1 nitrogen and oxygen atoms in total. The van der Waals surface area contributed by atoms with Gasteiger partial charge in [-0.3, -0.25) is 0 Å². The van der Waals surface area contributed by atoms with Crippen molar-refractivity contribution in [1.82, 2.24) is 0 Å². The first-order valence-electron chi connectivity index (χ1n) is 6.45. The minimum Gasteiger partial charge on any atom is -0.392 e. The van der Waals surface area contributed by atoms with E-state index in [0.717, 1.165) is 19.3 Å². The summed E-state index contributed by atoms with van der Waals surface area (Å²) in [4.78, 5) is 0. The van der Waals surface area contributed by atoms with Gasteiger partial charge in [-0.1, -0.05) is 44.6 Å². The Labute approximate surface area is 100 Å². The SMILES string of the molecule is C/C1=C\CC[C@H](C)/C=C/C(C)(C)[C@H](O)CC1. The number of hydrogen-bond donors (Lipinski definition) is 1. The van der Waals surface area contributed by atoms with Crippen LogP contribution in [0.1, 0.15) is 53.4 Å². The third kappa shape index (κ3) is 4.13. The van der Waals surface area contributed by atoms with Gasteiger partial charge in [-0.2, -0.15) is 0 Å². The van der Waals surface area contributed by atoms with E-state index in [1.165, 1.54) is 12.0 Å². The Morgan fingerprint density at radius 1 is 1.31 bits per heavy atom. The summed E-state index contributed by atoms with van der Waals surface area (Å²) >= 11 is 0. The molecule has 1 aliphatic carbocycles. The maximum Gasteiger partial charge on any atom is 0.0628 e. The average Bonchev–Trinajstić information content (AvgIpc) is 2.23. The molecule has 1 aliphatic rings. The van der Waals surface area contributed by atoms with Crippen LogP contribution in [-0.2, 0) is 0 Å². The standard InChI is InChI=1S/C15H26O/c1-12-6-5-7-13(2)10-11-15(3,4)14(16)9-8-12/h6,10-11,13-14,16H,5,7-9H2,1-4H3/b11-10+,12-6+/t13-,14+/m0/s1. The Bertz CT molecular complexity index is 273. The lowest BCUT2D eigenvalue weighted by atomic mass is 9.82. The number of aliphatic hydroxyl groups is 1. The summed E-state index contributed by atoms with van der Waals surface area (Å²) in [5.41, 5.74) is 1.32. The van der Waals surface area contributed by atoms with E-state index in [-0.39, 0.29) is 11.5 Å². The van der Waals surface area contributed by atoms with Crippen molar-refractivity contribution in [2.75, 3.05) is 0 Å². The highest BCUT2D eigenvalue weighted by molar-refractivity contribution is 5.05. The summed E-state index contributed by atoms with van der Waals surface area (Å²) in [5, 5.41) is 10.2. The molecule has 0 aromatic heterocycles. The van der Waals surface area contributed by atoms with Crippen molar-refractivity contribution < 1.29 is 5.11 Å². The van der Waals surface area contributed by atoms with E-state index in [2.05, 4.69) is 45.9 Å². The second-order valence-electron chi connectivity index (χ2n) is 5.84. The highest BCUT2D eigenvalue weighted by Crippen LogP contribution is 2.28. The normalized spacial score (nSPS) is 36.9. The molecule has 0 bridgehead atoms. The molecule has 1 heteroatoms. The molecule has 16 heavy (non-hydrogen) atoms. The van der Waals surface area contributed by atoms with Crippen molar-refractivity contribution >= 4 is 0 Å². The van der Waals surface area contributed by atoms with Crippen LogP contribution in [0, 0.1) is 11.3 Å². The van der Waals surface area contributed by atoms with Crippen LogP contribution in [0.25, 0.3) is 0 Å². The molecule has 2 atom stereocenters. The lowest BCUT2D eigenvalue weighted by molar-refractivity contribution is 0.0740. The zero-order valence-electron chi connectivity index (χ0n) is 11.2. The zero-order valence-corrected chi connectivity index (χ0v) is 11.2. The molecule has 0 saturated carbocycles. The number of hydrogen-bond acceptors (Lipinski definition) is 1. The van der Waals surface area contributed by atoms with E-state index >= 15 is 0 Å². The number of aliphatic hydroxyl groups excluding tert-OH is 1. The van der Waals surface area contributed by atoms with Gasteiger partial charge in [0, 0.05) is 5.41 Å². The Balaban J connectivity index is 2.80. The van der Waals surface area contributed by atoms with Gasteiger partial charge < -0.3 is 5.11 Å². The van der Waals surface area contributed by atoms with Crippen LogP contribution in [0.15, 0.2) is 23.8 Å². The Morgan fingerprint density at radius 2 is 2.00 bits per heavy atom. The number of allylic oxidation sites excluding steroid dienone is 3. The largest absolute Gasteiger partial charge is 0.392 e. The van der Waals surface area contributed by atoms with Crippen LogP contribution >= 0.6 is 0 Å². The second-order valence-corrected chi connectivity index (χ2v) is 5.84. The Hall–Kier alpha value is -0.560. The molecule has 0 heterocycles. The van der Waals surface area contributed by atoms with Gasteiger partial charge in [0.2, 0.25) is 0 Å². The van der Waals surface area contributed by atoms with E-state index in [4.69, 9.17) is 0 Å². The first-order chi connectivity index (χ1) is 7.42. The third-order valence-corrected chi connectivity index (χ3v) is 3.64. The molecule has 0 amide bonds. The van der Waals surface area contributed by atoms with Gasteiger partial charge in [0.25, 0.3) is 0 Å². The zero-order chi connectivity index (χ0) is 12.2. The van der Waals surface area contributed by atoms with E-state index < -0.39 is 0 Å². The Morgan fingerprint density at radius 3 is 2.69 bits per heavy atom. The van der Waals surface area contributed by atoms with Gasteiger partial charge >= 0.3 is 0 Å². The highest BCUT2D eigenvalue weighted by atomic mass is 16.3. The lowest BCUT2D eigenvalue weighted by Crippen LogP contribution is -2.27. The van der Waals surface area contributed by atoms with Crippen molar-refractivity contribution in [3.05, 3.63) is 23.8 Å². The summed E-state index contributed by atoms with van der Waals surface area (Å²) < 4.78 is 0. The first-order valence-corrected chi connectivity index (χ1v) is 6.45. The monoisotopic (exact) mass is 222 g/mol. The van der Waals surface area contributed by atoms with Crippen molar-refractivity contribution in [2.24, 2.45) is 11.3 Å². The van der Waals surface area contributed by atoms with Gasteiger partial charge in [0.05, 0.1) is 6.10 Å². The van der Waals surface area contributed by atoms with Crippen LogP contribution in [-0.4, -0.2) is 11.2 Å². The molecule has 0 aromatic rings. The van der Waals surface area contributed by atoms with Gasteiger partial charge in [-0.15, -0.1) is 0 Å². The van der Waals surface area contributed by atoms with Crippen molar-refractivity contribution in [3.8, 4) is 0 Å². The smallest absolute Gasteiger partial charge is 0.0628 e. The molecular formula is C15H26O. The minimum atomic E-state index is -0.239. The molecule has 0 aromatic carbocycles. The van der Waals surface area contributed by atoms with Crippen LogP contribution in [0.2, 0.25) is 0 Å². The maximum absolute atomic E-state index is 10.2. The molecule has 0 fully saturated rings. The molecule has 92 valence electrons. The third-order valence-electron chi connectivity index (χ3n) is 3.64. The van der Waals surface area contributed by atoms with E-state index in [1.807, 2.05) is 0 Å². The lowest BCUT2D eigenvalue weighted by Gasteiger charge is -2.27. The van der Waals surface area contributed by atoms with E-state index in [1.54, 1.807) is 0 Å². The first kappa shape index (κ1) is 13.5. The van der Waals surface area contributed by atoms with E-state index in [9.17, 15) is 5.11 Å². The highest BCUT2D eigenvalue weighted by Gasteiger charge is 2.24. The van der Waals surface area contributed by atoms with E-state index in [0.29, 0.717) is 5.92 Å². The molecular weight excluding hydrogens is 196 g/mol. The predicted molar refractivity (Wildman–Crippen MR) is 70.3 cm³/mol. The van der Waals surface area contributed by atoms with Crippen LogP contribution in [0.5, 0.6) is 0 Å². The van der Waals surface area contributed by atoms with Gasteiger partial charge in [-0.05, 0) is 38.5 Å². The summed E-state index contributed by atoms with van der Waals surface area (Å²) in [7, 11) is 0. The van der Waals surface area contributed by atoms with Gasteiger partial charge in [-0.25, -0.2) is 0 Å². The minimum absolute atomic E-state index is 0.0983. The predicted octanol–water partition coefficient (Wildman–Crippen LogP) is 4.09. The van der Waals surface area contributed by atoms with Crippen molar-refractivity contribution in [2.45, 2.75) is 59.5 Å². The fourth-order valence-electron chi connectivity index (χ4n) is 2.05. The van der Waals surface area contributed by atoms with Gasteiger partial charge in [0.1, 0.15) is 0 Å². The maximum atomic E-state index is 10.2. The molecule has 0 radical (unpaired) electrons. The fraction of sp³-hybridized carbons (Fsp3) is 0.733. The Kier molecular flexibility index (Phi) is 4.79. The van der Waals surface area contributed by atoms with Crippen LogP contribution < -0.4 is 0 Å². The molecule has 1 N–H and O–H groups in total. The van der Waals surface area contributed by atoms with Crippen molar-refractivity contribution in [3.63, 3.8) is 0 Å². The number of rotatable bonds is 0. The summed E-state index contributed by atoms with van der Waals surface area (Å²) in [6.45, 7) is 8.67. The van der Waals surface area contributed by atoms with Crippen LogP contribution in [0.4, 0.5) is 0 Å². The van der Waals surface area contributed by atoms with Crippen LogP contribution in [0.3, 0.4) is 0 Å². The second kappa shape index (κ2) is 5.67. The molecule has 0 spiro atoms.